The zero-order valence-corrected chi connectivity index (χ0v) is 14.4. The molecule has 0 aromatic heterocycles. The van der Waals surface area contributed by atoms with Gasteiger partial charge in [-0.05, 0) is 42.4 Å². The number of hydrogen-bond donors (Lipinski definition) is 1. The second-order valence-electron chi connectivity index (χ2n) is 7.19. The zero-order valence-electron chi connectivity index (χ0n) is 13.7. The van der Waals surface area contributed by atoms with Crippen LogP contribution in [0.15, 0.2) is 54.6 Å². The standard InChI is InChI=1S/C21H22ClNO/c22-19-10-5-4-9-16(19)17-13-18(17)20(24)23-14-21(11-6-12-21)15-7-2-1-3-8-15/h1-5,7-10,17-18H,6,11-14H2,(H,23,24). The van der Waals surface area contributed by atoms with Gasteiger partial charge in [0, 0.05) is 22.9 Å². The molecule has 1 amide bonds. The average molecular weight is 340 g/mol. The molecule has 2 aliphatic rings. The van der Waals surface area contributed by atoms with Crippen LogP contribution in [0.2, 0.25) is 5.02 Å². The predicted octanol–water partition coefficient (Wildman–Crippen LogP) is 4.68. The lowest BCUT2D eigenvalue weighted by Gasteiger charge is -2.42. The minimum atomic E-state index is 0.0813. The molecule has 124 valence electrons. The summed E-state index contributed by atoms with van der Waals surface area (Å²) in [7, 11) is 0. The van der Waals surface area contributed by atoms with Crippen molar-refractivity contribution in [3.63, 3.8) is 0 Å². The summed E-state index contributed by atoms with van der Waals surface area (Å²) in [5, 5.41) is 4.00. The van der Waals surface area contributed by atoms with Crippen LogP contribution in [0.4, 0.5) is 0 Å². The van der Waals surface area contributed by atoms with Crippen LogP contribution >= 0.6 is 11.6 Å². The summed E-state index contributed by atoms with van der Waals surface area (Å²) in [6.45, 7) is 0.752. The Morgan fingerprint density at radius 3 is 2.46 bits per heavy atom. The maximum Gasteiger partial charge on any atom is 0.223 e. The molecule has 2 saturated carbocycles. The Morgan fingerprint density at radius 2 is 1.79 bits per heavy atom. The summed E-state index contributed by atoms with van der Waals surface area (Å²) in [6.07, 6.45) is 4.48. The van der Waals surface area contributed by atoms with Crippen molar-refractivity contribution >= 4 is 17.5 Å². The van der Waals surface area contributed by atoms with Crippen molar-refractivity contribution in [3.8, 4) is 0 Å². The molecule has 0 bridgehead atoms. The van der Waals surface area contributed by atoms with Crippen LogP contribution in [0, 0.1) is 5.92 Å². The molecule has 0 spiro atoms. The molecule has 2 unspecified atom stereocenters. The van der Waals surface area contributed by atoms with Crippen LogP contribution in [-0.4, -0.2) is 12.5 Å². The summed E-state index contributed by atoms with van der Waals surface area (Å²) >= 11 is 6.26. The monoisotopic (exact) mass is 339 g/mol. The second-order valence-corrected chi connectivity index (χ2v) is 7.60. The Balaban J connectivity index is 1.39. The molecule has 0 radical (unpaired) electrons. The summed E-state index contributed by atoms with van der Waals surface area (Å²) in [5.74, 6) is 0.549. The molecule has 2 aromatic carbocycles. The highest BCUT2D eigenvalue weighted by Crippen LogP contribution is 2.50. The molecule has 3 heteroatoms. The molecule has 2 atom stereocenters. The Morgan fingerprint density at radius 1 is 1.08 bits per heavy atom. The fourth-order valence-corrected chi connectivity index (χ4v) is 4.23. The quantitative estimate of drug-likeness (QED) is 0.841. The van der Waals surface area contributed by atoms with E-state index in [0.717, 1.165) is 36.4 Å². The van der Waals surface area contributed by atoms with Crippen molar-refractivity contribution < 1.29 is 4.79 Å². The molecule has 4 rings (SSSR count). The number of carbonyl (C=O) groups is 1. The van der Waals surface area contributed by atoms with Gasteiger partial charge in [0.05, 0.1) is 0 Å². The summed E-state index contributed by atoms with van der Waals surface area (Å²) in [4.78, 5) is 12.6. The van der Waals surface area contributed by atoms with Gasteiger partial charge in [0.15, 0.2) is 0 Å². The normalized spacial score (nSPS) is 24.0. The fraction of sp³-hybridized carbons (Fsp3) is 0.381. The van der Waals surface area contributed by atoms with Crippen molar-refractivity contribution in [3.05, 3.63) is 70.7 Å². The van der Waals surface area contributed by atoms with Gasteiger partial charge in [0.1, 0.15) is 0 Å². The van der Waals surface area contributed by atoms with E-state index < -0.39 is 0 Å². The maximum absolute atomic E-state index is 12.6. The molecule has 2 nitrogen and oxygen atoms in total. The first-order chi connectivity index (χ1) is 11.7. The summed E-state index contributed by atoms with van der Waals surface area (Å²) in [6, 6.07) is 18.5. The lowest BCUT2D eigenvalue weighted by Crippen LogP contribution is -2.46. The number of nitrogens with one attached hydrogen (secondary N) is 1. The van der Waals surface area contributed by atoms with Crippen LogP contribution in [0.25, 0.3) is 0 Å². The molecule has 1 N–H and O–H groups in total. The van der Waals surface area contributed by atoms with Gasteiger partial charge >= 0.3 is 0 Å². The van der Waals surface area contributed by atoms with Gasteiger partial charge in [-0.2, -0.15) is 0 Å². The molecule has 0 heterocycles. The van der Waals surface area contributed by atoms with E-state index in [1.165, 1.54) is 12.0 Å². The molecule has 2 fully saturated rings. The van der Waals surface area contributed by atoms with Crippen LogP contribution < -0.4 is 5.32 Å². The molecule has 2 aliphatic carbocycles. The minimum absolute atomic E-state index is 0.0813. The number of amides is 1. The first-order valence-electron chi connectivity index (χ1n) is 8.77. The third-order valence-electron chi connectivity index (χ3n) is 5.73. The number of benzene rings is 2. The van der Waals surface area contributed by atoms with E-state index in [9.17, 15) is 4.79 Å². The molecule has 0 aliphatic heterocycles. The predicted molar refractivity (Wildman–Crippen MR) is 97.3 cm³/mol. The van der Waals surface area contributed by atoms with Crippen molar-refractivity contribution in [2.45, 2.75) is 37.0 Å². The largest absolute Gasteiger partial charge is 0.355 e. The lowest BCUT2D eigenvalue weighted by molar-refractivity contribution is -0.122. The number of carbonyl (C=O) groups excluding carboxylic acids is 1. The smallest absolute Gasteiger partial charge is 0.223 e. The Hall–Kier alpha value is -1.80. The topological polar surface area (TPSA) is 29.1 Å². The SMILES string of the molecule is O=C(NCC1(c2ccccc2)CCC1)C1CC1c1ccccc1Cl. The van der Waals surface area contributed by atoms with E-state index in [4.69, 9.17) is 11.6 Å². The van der Waals surface area contributed by atoms with Crippen molar-refractivity contribution in [1.29, 1.82) is 0 Å². The van der Waals surface area contributed by atoms with Crippen LogP contribution in [-0.2, 0) is 10.2 Å². The molecular weight excluding hydrogens is 318 g/mol. The first kappa shape index (κ1) is 15.7. The Kier molecular flexibility index (Phi) is 4.09. The number of halogens is 1. The number of hydrogen-bond acceptors (Lipinski definition) is 1. The van der Waals surface area contributed by atoms with Gasteiger partial charge in [-0.15, -0.1) is 0 Å². The third-order valence-corrected chi connectivity index (χ3v) is 6.07. The van der Waals surface area contributed by atoms with Crippen LogP contribution in [0.3, 0.4) is 0 Å². The van der Waals surface area contributed by atoms with E-state index in [1.54, 1.807) is 0 Å². The van der Waals surface area contributed by atoms with Crippen molar-refractivity contribution in [2.24, 2.45) is 5.92 Å². The zero-order chi connectivity index (χ0) is 16.6. The highest BCUT2D eigenvalue weighted by Gasteiger charge is 2.46. The molecule has 2 aromatic rings. The average Bonchev–Trinajstić information content (AvgIpc) is 3.36. The van der Waals surface area contributed by atoms with Crippen molar-refractivity contribution in [2.75, 3.05) is 6.54 Å². The van der Waals surface area contributed by atoms with E-state index in [-0.39, 0.29) is 23.2 Å². The third kappa shape index (κ3) is 2.84. The van der Waals surface area contributed by atoms with Crippen LogP contribution in [0.1, 0.15) is 42.7 Å². The van der Waals surface area contributed by atoms with E-state index in [0.29, 0.717) is 0 Å². The fourth-order valence-electron chi connectivity index (χ4n) is 3.95. The van der Waals surface area contributed by atoms with Crippen molar-refractivity contribution in [1.82, 2.24) is 5.32 Å². The van der Waals surface area contributed by atoms with Gasteiger partial charge in [0.2, 0.25) is 5.91 Å². The molecule has 24 heavy (non-hydrogen) atoms. The lowest BCUT2D eigenvalue weighted by atomic mass is 9.64. The van der Waals surface area contributed by atoms with Gasteiger partial charge in [-0.25, -0.2) is 0 Å². The molecule has 0 saturated heterocycles. The summed E-state index contributed by atoms with van der Waals surface area (Å²) < 4.78 is 0. The minimum Gasteiger partial charge on any atom is -0.355 e. The van der Waals surface area contributed by atoms with Gasteiger partial charge in [0.25, 0.3) is 0 Å². The highest BCUT2D eigenvalue weighted by atomic mass is 35.5. The first-order valence-corrected chi connectivity index (χ1v) is 9.15. The van der Waals surface area contributed by atoms with Crippen LogP contribution in [0.5, 0.6) is 0 Å². The van der Waals surface area contributed by atoms with E-state index in [1.807, 2.05) is 30.3 Å². The Labute approximate surface area is 148 Å². The van der Waals surface area contributed by atoms with Gasteiger partial charge in [-0.1, -0.05) is 66.6 Å². The highest BCUT2D eigenvalue weighted by molar-refractivity contribution is 6.31. The van der Waals surface area contributed by atoms with Gasteiger partial charge < -0.3 is 5.32 Å². The van der Waals surface area contributed by atoms with Gasteiger partial charge in [-0.3, -0.25) is 4.79 Å². The van der Waals surface area contributed by atoms with E-state index >= 15 is 0 Å². The van der Waals surface area contributed by atoms with E-state index in [2.05, 4.69) is 29.6 Å². The number of rotatable bonds is 5. The Bertz CT molecular complexity index is 739. The second kappa shape index (κ2) is 6.25. The maximum atomic E-state index is 12.6. The summed E-state index contributed by atoms with van der Waals surface area (Å²) in [5.41, 5.74) is 2.61. The molecular formula is C21H22ClNO.